The van der Waals surface area contributed by atoms with Gasteiger partial charge in [0.25, 0.3) is 5.56 Å². The van der Waals surface area contributed by atoms with Crippen molar-refractivity contribution in [1.82, 2.24) is 9.97 Å². The minimum Gasteiger partial charge on any atom is -0.485 e. The van der Waals surface area contributed by atoms with Crippen LogP contribution in [-0.2, 0) is 11.3 Å². The topological polar surface area (TPSA) is 118 Å². The molecule has 0 aliphatic heterocycles. The van der Waals surface area contributed by atoms with Gasteiger partial charge in [0.2, 0.25) is 5.76 Å². The summed E-state index contributed by atoms with van der Waals surface area (Å²) in [5, 5.41) is 11.7. The quantitative estimate of drug-likeness (QED) is 0.266. The Morgan fingerprint density at radius 2 is 2.03 bits per heavy atom. The third-order valence-electron chi connectivity index (χ3n) is 4.75. The van der Waals surface area contributed by atoms with Crippen molar-refractivity contribution in [3.8, 4) is 23.1 Å². The lowest BCUT2D eigenvalue weighted by molar-refractivity contribution is 0.0561. The predicted molar refractivity (Wildman–Crippen MR) is 119 cm³/mol. The van der Waals surface area contributed by atoms with Crippen molar-refractivity contribution in [2.45, 2.75) is 11.8 Å². The van der Waals surface area contributed by atoms with E-state index < -0.39 is 11.5 Å². The van der Waals surface area contributed by atoms with Crippen LogP contribution in [0.1, 0.15) is 21.9 Å². The summed E-state index contributed by atoms with van der Waals surface area (Å²) in [5.74, 6) is 0.311. The van der Waals surface area contributed by atoms with E-state index in [4.69, 9.17) is 9.15 Å². The molecule has 0 aliphatic rings. The SMILES string of the molecule is COC(=O)c1ccc(COc2ccc3ccccc3c2-c2nc(SC)[nH]c(=O)c2C#N)o1. The third kappa shape index (κ3) is 3.96. The standard InChI is InChI=1S/C23H17N3O5S/c1-29-22(28)18-10-8-14(31-18)12-30-17-9-7-13-5-3-4-6-15(13)19(17)20-16(11-24)21(27)26-23(25-20)32-2/h3-10H,12H2,1-2H3,(H,25,26,27). The number of nitrogens with zero attached hydrogens (tertiary/aromatic N) is 2. The summed E-state index contributed by atoms with van der Waals surface area (Å²) in [6.45, 7) is 0.0167. The number of nitrogens with one attached hydrogen (secondary N) is 1. The monoisotopic (exact) mass is 447 g/mol. The number of rotatable bonds is 6. The Morgan fingerprint density at radius 3 is 2.78 bits per heavy atom. The van der Waals surface area contributed by atoms with Gasteiger partial charge in [-0.1, -0.05) is 42.1 Å². The zero-order valence-corrected chi connectivity index (χ0v) is 18.0. The molecule has 0 radical (unpaired) electrons. The van der Waals surface area contributed by atoms with Crippen LogP contribution in [0.15, 0.2) is 62.9 Å². The van der Waals surface area contributed by atoms with Crippen molar-refractivity contribution in [2.75, 3.05) is 13.4 Å². The first-order valence-electron chi connectivity index (χ1n) is 9.46. The molecular weight excluding hydrogens is 430 g/mol. The van der Waals surface area contributed by atoms with Crippen LogP contribution in [0, 0.1) is 11.3 Å². The summed E-state index contributed by atoms with van der Waals surface area (Å²) in [4.78, 5) is 31.3. The maximum absolute atomic E-state index is 12.5. The lowest BCUT2D eigenvalue weighted by atomic mass is 9.98. The summed E-state index contributed by atoms with van der Waals surface area (Å²) in [6.07, 6.45) is 1.78. The molecule has 9 heteroatoms. The predicted octanol–water partition coefficient (Wildman–Crippen LogP) is 4.14. The van der Waals surface area contributed by atoms with Gasteiger partial charge in [-0.15, -0.1) is 0 Å². The molecule has 0 amide bonds. The lowest BCUT2D eigenvalue weighted by Crippen LogP contribution is -2.15. The van der Waals surface area contributed by atoms with Gasteiger partial charge in [-0.05, 0) is 35.2 Å². The van der Waals surface area contributed by atoms with Crippen LogP contribution < -0.4 is 10.3 Å². The Labute approximate surface area is 186 Å². The second kappa shape index (κ2) is 8.99. The van der Waals surface area contributed by atoms with Gasteiger partial charge in [-0.2, -0.15) is 5.26 Å². The first-order chi connectivity index (χ1) is 15.5. The van der Waals surface area contributed by atoms with Gasteiger partial charge < -0.3 is 18.9 Å². The number of methoxy groups -OCH3 is 1. The number of furan rings is 1. The summed E-state index contributed by atoms with van der Waals surface area (Å²) in [6, 6.07) is 16.3. The zero-order chi connectivity index (χ0) is 22.7. The van der Waals surface area contributed by atoms with E-state index in [0.717, 1.165) is 10.8 Å². The number of esters is 1. The minimum atomic E-state index is -0.585. The first-order valence-corrected chi connectivity index (χ1v) is 10.7. The molecular formula is C23H17N3O5S. The number of hydrogen-bond donors (Lipinski definition) is 1. The van der Waals surface area contributed by atoms with Crippen molar-refractivity contribution in [1.29, 1.82) is 5.26 Å². The fourth-order valence-corrected chi connectivity index (χ4v) is 3.64. The van der Waals surface area contributed by atoms with Gasteiger partial charge in [0.05, 0.1) is 12.7 Å². The Morgan fingerprint density at radius 1 is 1.22 bits per heavy atom. The van der Waals surface area contributed by atoms with Crippen molar-refractivity contribution in [3.05, 3.63) is 76.0 Å². The van der Waals surface area contributed by atoms with Crippen LogP contribution in [-0.4, -0.2) is 29.3 Å². The maximum Gasteiger partial charge on any atom is 0.373 e. The largest absolute Gasteiger partial charge is 0.485 e. The highest BCUT2D eigenvalue weighted by molar-refractivity contribution is 7.98. The van der Waals surface area contributed by atoms with Crippen molar-refractivity contribution in [3.63, 3.8) is 0 Å². The molecule has 0 atom stereocenters. The van der Waals surface area contributed by atoms with E-state index in [0.29, 0.717) is 22.2 Å². The number of fused-ring (bicyclic) bond motifs is 1. The second-order valence-corrected chi connectivity index (χ2v) is 7.41. The highest BCUT2D eigenvalue weighted by Crippen LogP contribution is 2.38. The van der Waals surface area contributed by atoms with E-state index in [1.165, 1.54) is 24.9 Å². The molecule has 0 saturated carbocycles. The summed E-state index contributed by atoms with van der Waals surface area (Å²) < 4.78 is 16.1. The molecule has 2 aromatic carbocycles. The number of carbonyl (C=O) groups excluding carboxylic acids is 1. The number of aromatic amines is 1. The van der Waals surface area contributed by atoms with Crippen molar-refractivity contribution < 1.29 is 18.7 Å². The number of H-pyrrole nitrogens is 1. The second-order valence-electron chi connectivity index (χ2n) is 6.62. The van der Waals surface area contributed by atoms with Gasteiger partial charge in [0.1, 0.15) is 35.4 Å². The lowest BCUT2D eigenvalue weighted by Gasteiger charge is -2.15. The Balaban J connectivity index is 1.84. The van der Waals surface area contributed by atoms with Crippen LogP contribution in [0.3, 0.4) is 0 Å². The fraction of sp³-hybridized carbons (Fsp3) is 0.130. The first kappa shape index (κ1) is 21.2. The average molecular weight is 447 g/mol. The average Bonchev–Trinajstić information content (AvgIpc) is 3.30. The number of thioether (sulfide) groups is 1. The highest BCUT2D eigenvalue weighted by Gasteiger charge is 2.20. The number of aromatic nitrogens is 2. The molecule has 4 aromatic rings. The number of hydrogen-bond acceptors (Lipinski definition) is 8. The third-order valence-corrected chi connectivity index (χ3v) is 5.33. The van der Waals surface area contributed by atoms with E-state index in [1.807, 2.05) is 36.4 Å². The van der Waals surface area contributed by atoms with Crippen LogP contribution in [0.25, 0.3) is 22.0 Å². The number of nitriles is 1. The van der Waals surface area contributed by atoms with E-state index in [1.54, 1.807) is 18.4 Å². The van der Waals surface area contributed by atoms with E-state index >= 15 is 0 Å². The van der Waals surface area contributed by atoms with Crippen LogP contribution in [0.5, 0.6) is 5.75 Å². The molecule has 0 spiro atoms. The molecule has 0 bridgehead atoms. The van der Waals surface area contributed by atoms with Gasteiger partial charge in [-0.3, -0.25) is 4.79 Å². The molecule has 160 valence electrons. The van der Waals surface area contributed by atoms with E-state index in [-0.39, 0.29) is 23.6 Å². The van der Waals surface area contributed by atoms with Crippen molar-refractivity contribution >= 4 is 28.5 Å². The molecule has 0 saturated heterocycles. The van der Waals surface area contributed by atoms with Crippen molar-refractivity contribution in [2.24, 2.45) is 0 Å². The number of ether oxygens (including phenoxy) is 2. The van der Waals surface area contributed by atoms with Crippen LogP contribution in [0.2, 0.25) is 0 Å². The summed E-state index contributed by atoms with van der Waals surface area (Å²) in [7, 11) is 1.27. The molecule has 0 aliphatic carbocycles. The molecule has 8 nitrogen and oxygen atoms in total. The fourth-order valence-electron chi connectivity index (χ4n) is 3.26. The smallest absolute Gasteiger partial charge is 0.373 e. The zero-order valence-electron chi connectivity index (χ0n) is 17.2. The highest BCUT2D eigenvalue weighted by atomic mass is 32.2. The Hall–Kier alpha value is -4.03. The van der Waals surface area contributed by atoms with E-state index in [9.17, 15) is 14.9 Å². The molecule has 32 heavy (non-hydrogen) atoms. The normalized spacial score (nSPS) is 10.7. The number of benzene rings is 2. The van der Waals surface area contributed by atoms with E-state index in [2.05, 4.69) is 14.7 Å². The van der Waals surface area contributed by atoms with Gasteiger partial charge in [0, 0.05) is 0 Å². The molecule has 2 aromatic heterocycles. The minimum absolute atomic E-state index is 0.0167. The summed E-state index contributed by atoms with van der Waals surface area (Å²) in [5.41, 5.74) is 0.146. The molecule has 4 rings (SSSR count). The molecule has 0 fully saturated rings. The maximum atomic E-state index is 12.5. The Bertz CT molecular complexity index is 1420. The van der Waals surface area contributed by atoms with Gasteiger partial charge in [-0.25, -0.2) is 9.78 Å². The van der Waals surface area contributed by atoms with Crippen LogP contribution in [0.4, 0.5) is 0 Å². The Kier molecular flexibility index (Phi) is 5.96. The van der Waals surface area contributed by atoms with Gasteiger partial charge >= 0.3 is 5.97 Å². The number of carbonyl (C=O) groups is 1. The molecule has 1 N–H and O–H groups in total. The summed E-state index contributed by atoms with van der Waals surface area (Å²) >= 11 is 1.26. The van der Waals surface area contributed by atoms with Gasteiger partial charge in [0.15, 0.2) is 5.16 Å². The van der Waals surface area contributed by atoms with Crippen LogP contribution >= 0.6 is 11.8 Å². The molecule has 2 heterocycles. The molecule has 0 unspecified atom stereocenters.